The van der Waals surface area contributed by atoms with E-state index in [1.165, 1.54) is 0 Å². The van der Waals surface area contributed by atoms with Crippen molar-refractivity contribution in [2.45, 2.75) is 32.1 Å². The van der Waals surface area contributed by atoms with Crippen LogP contribution in [0.1, 0.15) is 42.5 Å². The lowest BCUT2D eigenvalue weighted by Crippen LogP contribution is -2.01. The summed E-state index contributed by atoms with van der Waals surface area (Å²) in [5.41, 5.74) is 0.707. The smallest absolute Gasteiger partial charge is 0.164 e. The predicted octanol–water partition coefficient (Wildman–Crippen LogP) is 4.78. The number of rotatable bonds is 8. The molecule has 1 aromatic carbocycles. The Labute approximate surface area is 117 Å². The third kappa shape index (κ3) is 4.65. The molecule has 0 aliphatic rings. The third-order valence-electron chi connectivity index (χ3n) is 2.79. The van der Waals surface area contributed by atoms with Crippen LogP contribution >= 0.6 is 15.9 Å². The zero-order chi connectivity index (χ0) is 13.4. The van der Waals surface area contributed by atoms with E-state index in [-0.39, 0.29) is 5.78 Å². The molecule has 0 heterocycles. The van der Waals surface area contributed by atoms with Gasteiger partial charge in [0.2, 0.25) is 0 Å². The molecule has 0 amide bonds. The molecule has 0 fully saturated rings. The number of unbranched alkanes of at least 4 members (excludes halogenated alkanes) is 3. The first-order valence-corrected chi connectivity index (χ1v) is 6.96. The molecule has 0 saturated carbocycles. The maximum atomic E-state index is 12.1. The van der Waals surface area contributed by atoms with Gasteiger partial charge < -0.3 is 4.74 Å². The minimum atomic E-state index is 0.166. The van der Waals surface area contributed by atoms with Crippen molar-refractivity contribution in [2.75, 3.05) is 7.11 Å². The Kier molecular flexibility index (Phi) is 6.73. The summed E-state index contributed by atoms with van der Waals surface area (Å²) in [4.78, 5) is 12.1. The highest BCUT2D eigenvalue weighted by Gasteiger charge is 2.10. The van der Waals surface area contributed by atoms with Gasteiger partial charge in [0.05, 0.1) is 7.11 Å². The van der Waals surface area contributed by atoms with Crippen LogP contribution in [0.3, 0.4) is 0 Å². The summed E-state index contributed by atoms with van der Waals surface area (Å²) in [6, 6.07) is 5.48. The number of Topliss-reactive ketones (excluding diaryl/α,β-unsaturated/α-hetero) is 1. The Morgan fingerprint density at radius 1 is 1.39 bits per heavy atom. The molecule has 0 unspecified atom stereocenters. The minimum Gasteiger partial charge on any atom is -0.497 e. The lowest BCUT2D eigenvalue weighted by atomic mass is 10.0. The number of ketones is 1. The fraction of sp³-hybridized carbons (Fsp3) is 0.400. The minimum absolute atomic E-state index is 0.166. The van der Waals surface area contributed by atoms with E-state index >= 15 is 0 Å². The molecule has 1 aromatic rings. The summed E-state index contributed by atoms with van der Waals surface area (Å²) in [5, 5.41) is 0. The van der Waals surface area contributed by atoms with Crippen molar-refractivity contribution in [3.63, 3.8) is 0 Å². The van der Waals surface area contributed by atoms with E-state index in [1.54, 1.807) is 13.2 Å². The van der Waals surface area contributed by atoms with Crippen LogP contribution in [0, 0.1) is 0 Å². The molecule has 2 nitrogen and oxygen atoms in total. The van der Waals surface area contributed by atoms with E-state index in [1.807, 2.05) is 18.2 Å². The molecular formula is C15H19BrO2. The van der Waals surface area contributed by atoms with Crippen LogP contribution < -0.4 is 4.74 Å². The van der Waals surface area contributed by atoms with Crippen LogP contribution in [0.2, 0.25) is 0 Å². The molecule has 0 N–H and O–H groups in total. The molecule has 0 spiro atoms. The molecule has 18 heavy (non-hydrogen) atoms. The largest absolute Gasteiger partial charge is 0.497 e. The predicted molar refractivity (Wildman–Crippen MR) is 78.3 cm³/mol. The Morgan fingerprint density at radius 2 is 2.17 bits per heavy atom. The van der Waals surface area contributed by atoms with Crippen molar-refractivity contribution < 1.29 is 9.53 Å². The quantitative estimate of drug-likeness (QED) is 0.392. The van der Waals surface area contributed by atoms with Crippen molar-refractivity contribution in [3.8, 4) is 5.75 Å². The first-order valence-electron chi connectivity index (χ1n) is 6.16. The number of hydrogen-bond acceptors (Lipinski definition) is 2. The van der Waals surface area contributed by atoms with Gasteiger partial charge in [0.1, 0.15) is 5.75 Å². The van der Waals surface area contributed by atoms with Gasteiger partial charge in [0.25, 0.3) is 0 Å². The average molecular weight is 311 g/mol. The lowest BCUT2D eigenvalue weighted by molar-refractivity contribution is 0.0978. The standard InChI is InChI=1S/C15H19BrO2/c1-3-4-5-6-7-8-15(17)13-11-12(18-2)9-10-14(13)16/h3,9-11H,1,4-8H2,2H3. The second-order valence-corrected chi connectivity index (χ2v) is 5.01. The summed E-state index contributed by atoms with van der Waals surface area (Å²) >= 11 is 3.40. The molecule has 0 radical (unpaired) electrons. The summed E-state index contributed by atoms with van der Waals surface area (Å²) in [6.07, 6.45) is 6.63. The molecule has 0 saturated heterocycles. The summed E-state index contributed by atoms with van der Waals surface area (Å²) < 4.78 is 5.97. The number of ether oxygens (including phenoxy) is 1. The number of benzene rings is 1. The molecule has 98 valence electrons. The van der Waals surface area contributed by atoms with Crippen molar-refractivity contribution in [1.82, 2.24) is 0 Å². The van der Waals surface area contributed by atoms with Crippen LogP contribution in [0.25, 0.3) is 0 Å². The van der Waals surface area contributed by atoms with Crippen molar-refractivity contribution >= 4 is 21.7 Å². The molecule has 0 aliphatic carbocycles. The number of hydrogen-bond donors (Lipinski definition) is 0. The first kappa shape index (κ1) is 15.0. The van der Waals surface area contributed by atoms with Crippen LogP contribution in [0.5, 0.6) is 5.75 Å². The van der Waals surface area contributed by atoms with Gasteiger partial charge in [-0.25, -0.2) is 0 Å². The molecule has 0 atom stereocenters. The van der Waals surface area contributed by atoms with Gasteiger partial charge in [0.15, 0.2) is 5.78 Å². The maximum absolute atomic E-state index is 12.1. The first-order chi connectivity index (χ1) is 8.69. The Morgan fingerprint density at radius 3 is 2.83 bits per heavy atom. The fourth-order valence-corrected chi connectivity index (χ4v) is 2.20. The van der Waals surface area contributed by atoms with E-state index in [2.05, 4.69) is 22.5 Å². The maximum Gasteiger partial charge on any atom is 0.164 e. The number of carbonyl (C=O) groups is 1. The fourth-order valence-electron chi connectivity index (χ4n) is 1.73. The van der Waals surface area contributed by atoms with Gasteiger partial charge in [-0.15, -0.1) is 6.58 Å². The van der Waals surface area contributed by atoms with Crippen LogP contribution in [-0.2, 0) is 0 Å². The van der Waals surface area contributed by atoms with E-state index in [9.17, 15) is 4.79 Å². The van der Waals surface area contributed by atoms with Crippen LogP contribution in [-0.4, -0.2) is 12.9 Å². The molecule has 0 aromatic heterocycles. The lowest BCUT2D eigenvalue weighted by Gasteiger charge is -2.06. The molecule has 0 aliphatic heterocycles. The van der Waals surface area contributed by atoms with Crippen molar-refractivity contribution in [3.05, 3.63) is 40.9 Å². The number of allylic oxidation sites excluding steroid dienone is 1. The number of carbonyl (C=O) groups excluding carboxylic acids is 1. The second kappa shape index (κ2) is 8.09. The summed E-state index contributed by atoms with van der Waals surface area (Å²) in [5.74, 6) is 0.882. The van der Waals surface area contributed by atoms with E-state index < -0.39 is 0 Å². The summed E-state index contributed by atoms with van der Waals surface area (Å²) in [6.45, 7) is 3.68. The van der Waals surface area contributed by atoms with Gasteiger partial charge in [-0.05, 0) is 37.5 Å². The van der Waals surface area contributed by atoms with Gasteiger partial charge in [-0.2, -0.15) is 0 Å². The highest BCUT2D eigenvalue weighted by molar-refractivity contribution is 9.10. The van der Waals surface area contributed by atoms with Crippen LogP contribution in [0.4, 0.5) is 0 Å². The number of methoxy groups -OCH3 is 1. The Balaban J connectivity index is 2.52. The molecule has 1 rings (SSSR count). The van der Waals surface area contributed by atoms with Gasteiger partial charge in [-0.3, -0.25) is 4.79 Å². The highest BCUT2D eigenvalue weighted by Crippen LogP contribution is 2.24. The topological polar surface area (TPSA) is 26.3 Å². The van der Waals surface area contributed by atoms with E-state index in [0.29, 0.717) is 17.7 Å². The average Bonchev–Trinajstić information content (AvgIpc) is 2.39. The zero-order valence-electron chi connectivity index (χ0n) is 10.7. The second-order valence-electron chi connectivity index (χ2n) is 4.16. The normalized spacial score (nSPS) is 10.1. The van der Waals surface area contributed by atoms with Gasteiger partial charge in [0, 0.05) is 16.5 Å². The number of halogens is 1. The highest BCUT2D eigenvalue weighted by atomic mass is 79.9. The van der Waals surface area contributed by atoms with Crippen LogP contribution in [0.15, 0.2) is 35.3 Å². The molecular weight excluding hydrogens is 292 g/mol. The Bertz CT molecular complexity index is 413. The molecule has 3 heteroatoms. The van der Waals surface area contributed by atoms with E-state index in [4.69, 9.17) is 4.74 Å². The monoisotopic (exact) mass is 310 g/mol. The SMILES string of the molecule is C=CCCCCCC(=O)c1cc(OC)ccc1Br. The summed E-state index contributed by atoms with van der Waals surface area (Å²) in [7, 11) is 1.60. The van der Waals surface area contributed by atoms with Crippen molar-refractivity contribution in [1.29, 1.82) is 0 Å². The van der Waals surface area contributed by atoms with Crippen molar-refractivity contribution in [2.24, 2.45) is 0 Å². The third-order valence-corrected chi connectivity index (χ3v) is 3.48. The zero-order valence-corrected chi connectivity index (χ0v) is 12.3. The molecule has 0 bridgehead atoms. The van der Waals surface area contributed by atoms with E-state index in [0.717, 1.165) is 30.2 Å². The Hall–Kier alpha value is -1.09. The van der Waals surface area contributed by atoms with Gasteiger partial charge >= 0.3 is 0 Å². The van der Waals surface area contributed by atoms with Gasteiger partial charge in [-0.1, -0.05) is 28.4 Å².